The maximum Gasteiger partial charge on any atom is 0.311 e. The van der Waals surface area contributed by atoms with Crippen LogP contribution in [0.3, 0.4) is 0 Å². The van der Waals surface area contributed by atoms with Crippen LogP contribution in [0.5, 0.6) is 0 Å². The van der Waals surface area contributed by atoms with Crippen LogP contribution in [-0.2, 0) is 9.47 Å². The van der Waals surface area contributed by atoms with Crippen molar-refractivity contribution in [2.45, 2.75) is 47.8 Å². The van der Waals surface area contributed by atoms with E-state index in [1.54, 1.807) is 0 Å². The number of aliphatic hydroxyl groups is 6. The molecule has 4 fully saturated rings. The van der Waals surface area contributed by atoms with E-state index in [0.29, 0.717) is 0 Å². The monoisotopic (exact) mass is 319 g/mol. The molecular weight excluding hydrogens is 302 g/mol. The summed E-state index contributed by atoms with van der Waals surface area (Å²) in [7, 11) is 0. The number of ether oxygens (including phenoxy) is 2. The van der Waals surface area contributed by atoms with Crippen LogP contribution in [0.4, 0.5) is 0 Å². The first kappa shape index (κ1) is 14.5. The second-order valence-electron chi connectivity index (χ2n) is 6.22. The molecule has 9 atom stereocenters. The molecular formula is C11H17N3O8. The van der Waals surface area contributed by atoms with Crippen molar-refractivity contribution in [2.24, 2.45) is 16.6 Å². The number of guanidine groups is 1. The van der Waals surface area contributed by atoms with Crippen LogP contribution in [-0.4, -0.2) is 91.0 Å². The van der Waals surface area contributed by atoms with E-state index in [1.807, 2.05) is 0 Å². The van der Waals surface area contributed by atoms with Crippen molar-refractivity contribution in [1.29, 1.82) is 0 Å². The van der Waals surface area contributed by atoms with Crippen LogP contribution in [0, 0.1) is 5.92 Å². The lowest BCUT2D eigenvalue weighted by Crippen LogP contribution is -2.95. The number of hydrogen-bond acceptors (Lipinski definition) is 11. The summed E-state index contributed by atoms with van der Waals surface area (Å²) >= 11 is 0. The van der Waals surface area contributed by atoms with Crippen LogP contribution in [0.2, 0.25) is 0 Å². The summed E-state index contributed by atoms with van der Waals surface area (Å²) in [5.41, 5.74) is 1.74. The summed E-state index contributed by atoms with van der Waals surface area (Å²) in [5.74, 6) is -3.95. The first-order valence-electron chi connectivity index (χ1n) is 6.77. The fraction of sp³-hybridized carbons (Fsp3) is 0.909. The highest BCUT2D eigenvalue weighted by Crippen LogP contribution is 2.58. The van der Waals surface area contributed by atoms with Crippen molar-refractivity contribution in [3.63, 3.8) is 0 Å². The smallest absolute Gasteiger partial charge is 0.311 e. The van der Waals surface area contributed by atoms with E-state index in [9.17, 15) is 30.6 Å². The van der Waals surface area contributed by atoms with E-state index in [2.05, 4.69) is 10.3 Å². The number of hydrogen-bond donors (Lipinski definition) is 8. The van der Waals surface area contributed by atoms with Crippen LogP contribution < -0.4 is 11.1 Å². The molecule has 3 saturated heterocycles. The first-order valence-corrected chi connectivity index (χ1v) is 6.77. The normalized spacial score (nSPS) is 62.4. The number of aliphatic imine (C=N–C) groups is 1. The summed E-state index contributed by atoms with van der Waals surface area (Å²) in [4.78, 5) is 3.70. The molecule has 11 nitrogen and oxygen atoms in total. The van der Waals surface area contributed by atoms with E-state index >= 15 is 0 Å². The highest BCUT2D eigenvalue weighted by Gasteiger charge is 2.82. The van der Waals surface area contributed by atoms with Gasteiger partial charge in [0.1, 0.15) is 29.5 Å². The molecule has 1 spiro atoms. The molecule has 9 N–H and O–H groups in total. The highest BCUT2D eigenvalue weighted by molar-refractivity contribution is 5.80. The first-order chi connectivity index (χ1) is 10.2. The Kier molecular flexibility index (Phi) is 2.57. The minimum atomic E-state index is -2.52. The average Bonchev–Trinajstić information content (AvgIpc) is 2.45. The zero-order chi connectivity index (χ0) is 16.1. The molecule has 0 aromatic rings. The summed E-state index contributed by atoms with van der Waals surface area (Å²) in [6, 6.07) is 0. The summed E-state index contributed by atoms with van der Waals surface area (Å²) in [6.45, 7) is -0.857. The van der Waals surface area contributed by atoms with E-state index in [4.69, 9.17) is 15.2 Å². The molecule has 22 heavy (non-hydrogen) atoms. The Hall–Kier alpha value is -1.05. The maximum absolute atomic E-state index is 10.6. The lowest BCUT2D eigenvalue weighted by atomic mass is 9.55. The van der Waals surface area contributed by atoms with Gasteiger partial charge in [0.05, 0.1) is 12.5 Å². The minimum absolute atomic E-state index is 0.250. The van der Waals surface area contributed by atoms with Crippen molar-refractivity contribution in [3.05, 3.63) is 0 Å². The topological polar surface area (TPSA) is 190 Å². The van der Waals surface area contributed by atoms with Gasteiger partial charge >= 0.3 is 5.97 Å². The standard InChI is InChI=1S/C11H17N3O8/c12-8-13-6(17)2-4-9(19,1-15)5-3(16)10(2,14-8)7(18)11(20,21-4)22-5/h2-7,15-20H,1H2,(H3,12,13,14)/t2?,3?,4?,5?,6-,7?,9?,10?,11?/m1/s1. The van der Waals surface area contributed by atoms with Gasteiger partial charge in [0, 0.05) is 0 Å². The van der Waals surface area contributed by atoms with Gasteiger partial charge in [0.25, 0.3) is 0 Å². The van der Waals surface area contributed by atoms with Crippen LogP contribution >= 0.6 is 0 Å². The third-order valence-electron chi connectivity index (χ3n) is 5.22. The van der Waals surface area contributed by atoms with Crippen molar-refractivity contribution in [3.8, 4) is 0 Å². The van der Waals surface area contributed by atoms with Gasteiger partial charge in [-0.3, -0.25) is 0 Å². The molecule has 0 aromatic carbocycles. The predicted octanol–water partition coefficient (Wildman–Crippen LogP) is -5.52. The fourth-order valence-electron chi connectivity index (χ4n) is 4.24. The van der Waals surface area contributed by atoms with Crippen molar-refractivity contribution in [2.75, 3.05) is 6.61 Å². The van der Waals surface area contributed by atoms with Gasteiger partial charge in [-0.25, -0.2) is 4.99 Å². The molecule has 0 aromatic heterocycles. The molecule has 1 saturated carbocycles. The zero-order valence-electron chi connectivity index (χ0n) is 11.2. The molecule has 0 amide bonds. The lowest BCUT2D eigenvalue weighted by molar-refractivity contribution is -0.548. The Morgan fingerprint density at radius 2 is 1.82 bits per heavy atom. The van der Waals surface area contributed by atoms with Crippen molar-refractivity contribution >= 4 is 5.96 Å². The van der Waals surface area contributed by atoms with Crippen molar-refractivity contribution < 1.29 is 40.1 Å². The molecule has 124 valence electrons. The van der Waals surface area contributed by atoms with Gasteiger partial charge in [0.15, 0.2) is 18.3 Å². The number of nitrogens with one attached hydrogen (secondary N) is 1. The van der Waals surface area contributed by atoms with E-state index < -0.39 is 60.3 Å². The fourth-order valence-corrected chi connectivity index (χ4v) is 4.24. The van der Waals surface area contributed by atoms with Gasteiger partial charge in [-0.05, 0) is 0 Å². The largest absolute Gasteiger partial charge is 0.393 e. The minimum Gasteiger partial charge on any atom is -0.393 e. The van der Waals surface area contributed by atoms with Crippen LogP contribution in [0.25, 0.3) is 0 Å². The molecule has 5 aliphatic rings. The van der Waals surface area contributed by atoms with Crippen molar-refractivity contribution in [1.82, 2.24) is 5.32 Å². The Balaban J connectivity index is 1.95. The van der Waals surface area contributed by atoms with Gasteiger partial charge in [0.2, 0.25) is 0 Å². The summed E-state index contributed by atoms with van der Waals surface area (Å²) in [5, 5.41) is 64.3. The Bertz CT molecular complexity index is 561. The van der Waals surface area contributed by atoms with Gasteiger partial charge < -0.3 is 51.2 Å². The molecule has 5 rings (SSSR count). The SMILES string of the molecule is NC1=N[C@H](O)C2C3OC4(O)OC(C(O)C2(N1)C4O)C3(O)CO. The molecule has 0 radical (unpaired) electrons. The number of aliphatic hydroxyl groups excluding tert-OH is 4. The average molecular weight is 319 g/mol. The Morgan fingerprint density at radius 3 is 2.45 bits per heavy atom. The van der Waals surface area contributed by atoms with Gasteiger partial charge in [-0.15, -0.1) is 0 Å². The Labute approximate surface area is 123 Å². The number of nitrogens with zero attached hydrogens (tertiary/aromatic N) is 1. The quantitative estimate of drug-likeness (QED) is 0.231. The second-order valence-corrected chi connectivity index (χ2v) is 6.22. The summed E-state index contributed by atoms with van der Waals surface area (Å²) < 4.78 is 10.3. The third kappa shape index (κ3) is 1.28. The second kappa shape index (κ2) is 3.88. The molecule has 4 aliphatic heterocycles. The van der Waals surface area contributed by atoms with E-state index in [0.717, 1.165) is 0 Å². The summed E-state index contributed by atoms with van der Waals surface area (Å²) in [6.07, 6.45) is -7.77. The van der Waals surface area contributed by atoms with E-state index in [1.165, 1.54) is 0 Å². The Morgan fingerprint density at radius 1 is 1.18 bits per heavy atom. The lowest BCUT2D eigenvalue weighted by Gasteiger charge is -2.71. The molecule has 11 heteroatoms. The molecule has 1 aliphatic carbocycles. The zero-order valence-corrected chi connectivity index (χ0v) is 11.2. The molecule has 8 unspecified atom stereocenters. The van der Waals surface area contributed by atoms with Gasteiger partial charge in [-0.2, -0.15) is 0 Å². The van der Waals surface area contributed by atoms with Gasteiger partial charge in [-0.1, -0.05) is 0 Å². The number of rotatable bonds is 1. The van der Waals surface area contributed by atoms with Crippen LogP contribution in [0.1, 0.15) is 0 Å². The maximum atomic E-state index is 10.6. The number of nitrogens with two attached hydrogens (primary N) is 1. The highest BCUT2D eigenvalue weighted by atomic mass is 16.9. The molecule has 4 heterocycles. The molecule has 4 bridgehead atoms. The van der Waals surface area contributed by atoms with E-state index in [-0.39, 0.29) is 5.96 Å². The predicted molar refractivity (Wildman–Crippen MR) is 65.7 cm³/mol. The third-order valence-corrected chi connectivity index (χ3v) is 5.22. The van der Waals surface area contributed by atoms with Crippen LogP contribution in [0.15, 0.2) is 4.99 Å².